The standard InChI is InChI=1S/C16H12BrFN2O2/c17-8-4-5-11(18)9(6-8)14-10(7-19)16(20)22-13-3-1-2-12(21)15(13)14/h4-6,14H,1-3,20H2/t14-/m1/s1. The van der Waals surface area contributed by atoms with Crippen LogP contribution < -0.4 is 5.73 Å². The van der Waals surface area contributed by atoms with Gasteiger partial charge >= 0.3 is 0 Å². The second-order valence-electron chi connectivity index (χ2n) is 5.20. The molecule has 4 nitrogen and oxygen atoms in total. The number of nitrogens with two attached hydrogens (primary N) is 1. The van der Waals surface area contributed by atoms with Crippen molar-refractivity contribution in [2.75, 3.05) is 0 Å². The Labute approximate surface area is 135 Å². The van der Waals surface area contributed by atoms with E-state index in [1.165, 1.54) is 6.07 Å². The predicted molar refractivity (Wildman–Crippen MR) is 80.6 cm³/mol. The minimum Gasteiger partial charge on any atom is -0.444 e. The fraction of sp³-hybridized carbons (Fsp3) is 0.250. The zero-order chi connectivity index (χ0) is 15.9. The van der Waals surface area contributed by atoms with E-state index in [1.54, 1.807) is 12.1 Å². The van der Waals surface area contributed by atoms with E-state index in [0.29, 0.717) is 35.1 Å². The first-order valence-electron chi connectivity index (χ1n) is 6.81. The minimum atomic E-state index is -0.806. The molecule has 0 unspecified atom stereocenters. The molecule has 1 aromatic carbocycles. The van der Waals surface area contributed by atoms with E-state index >= 15 is 0 Å². The molecule has 2 N–H and O–H groups in total. The topological polar surface area (TPSA) is 76.1 Å². The van der Waals surface area contributed by atoms with Crippen molar-refractivity contribution in [3.05, 3.63) is 56.8 Å². The van der Waals surface area contributed by atoms with Crippen molar-refractivity contribution >= 4 is 21.7 Å². The first-order chi connectivity index (χ1) is 10.5. The van der Waals surface area contributed by atoms with E-state index in [2.05, 4.69) is 15.9 Å². The molecule has 0 radical (unpaired) electrons. The highest BCUT2D eigenvalue weighted by molar-refractivity contribution is 9.10. The molecule has 0 bridgehead atoms. The van der Waals surface area contributed by atoms with Crippen molar-refractivity contribution in [3.8, 4) is 6.07 Å². The number of ketones is 1. The van der Waals surface area contributed by atoms with Gasteiger partial charge in [-0.1, -0.05) is 15.9 Å². The van der Waals surface area contributed by atoms with Crippen molar-refractivity contribution in [2.24, 2.45) is 5.73 Å². The van der Waals surface area contributed by atoms with Gasteiger partial charge in [-0.15, -0.1) is 0 Å². The lowest BCUT2D eigenvalue weighted by Crippen LogP contribution is -2.27. The van der Waals surface area contributed by atoms with Crippen molar-refractivity contribution in [1.29, 1.82) is 5.26 Å². The number of hydrogen-bond acceptors (Lipinski definition) is 4. The van der Waals surface area contributed by atoms with Crippen LogP contribution in [0.3, 0.4) is 0 Å². The van der Waals surface area contributed by atoms with Crippen LogP contribution in [0, 0.1) is 17.1 Å². The molecule has 0 fully saturated rings. The Morgan fingerprint density at radius 1 is 1.41 bits per heavy atom. The maximum Gasteiger partial charge on any atom is 0.205 e. The normalized spacial score (nSPS) is 21.3. The zero-order valence-electron chi connectivity index (χ0n) is 11.5. The fourth-order valence-electron chi connectivity index (χ4n) is 2.90. The highest BCUT2D eigenvalue weighted by atomic mass is 79.9. The summed E-state index contributed by atoms with van der Waals surface area (Å²) in [5.74, 6) is -1.01. The van der Waals surface area contributed by atoms with Gasteiger partial charge in [-0.05, 0) is 24.6 Å². The Morgan fingerprint density at radius 3 is 2.91 bits per heavy atom. The number of hydrogen-bond donors (Lipinski definition) is 1. The molecule has 6 heteroatoms. The Morgan fingerprint density at radius 2 is 2.18 bits per heavy atom. The average molecular weight is 363 g/mol. The molecule has 1 atom stereocenters. The monoisotopic (exact) mass is 362 g/mol. The number of carbonyl (C=O) groups is 1. The molecule has 22 heavy (non-hydrogen) atoms. The zero-order valence-corrected chi connectivity index (χ0v) is 13.1. The molecule has 3 rings (SSSR count). The molecular formula is C16H12BrFN2O2. The van der Waals surface area contributed by atoms with Crippen molar-refractivity contribution < 1.29 is 13.9 Å². The summed E-state index contributed by atoms with van der Waals surface area (Å²) >= 11 is 3.29. The maximum absolute atomic E-state index is 14.3. The summed E-state index contributed by atoms with van der Waals surface area (Å²) < 4.78 is 20.4. The molecule has 2 aliphatic rings. The predicted octanol–water partition coefficient (Wildman–Crippen LogP) is 3.40. The van der Waals surface area contributed by atoms with Gasteiger partial charge < -0.3 is 10.5 Å². The number of rotatable bonds is 1. The van der Waals surface area contributed by atoms with Crippen LogP contribution in [0.4, 0.5) is 4.39 Å². The second kappa shape index (κ2) is 5.58. The van der Waals surface area contributed by atoms with Gasteiger partial charge in [0.2, 0.25) is 5.88 Å². The van der Waals surface area contributed by atoms with E-state index < -0.39 is 11.7 Å². The Kier molecular flexibility index (Phi) is 3.75. The van der Waals surface area contributed by atoms with Gasteiger partial charge in [0.05, 0.1) is 5.92 Å². The molecule has 1 aliphatic carbocycles. The van der Waals surface area contributed by atoms with Gasteiger partial charge in [-0.3, -0.25) is 4.79 Å². The third-order valence-corrected chi connectivity index (χ3v) is 4.37. The lowest BCUT2D eigenvalue weighted by Gasteiger charge is -2.31. The number of halogens is 2. The first-order valence-corrected chi connectivity index (χ1v) is 7.61. The quantitative estimate of drug-likeness (QED) is 0.830. The van der Waals surface area contributed by atoms with E-state index in [4.69, 9.17) is 10.5 Å². The van der Waals surface area contributed by atoms with Crippen LogP contribution in [0.25, 0.3) is 0 Å². The van der Waals surface area contributed by atoms with Crippen molar-refractivity contribution in [1.82, 2.24) is 0 Å². The van der Waals surface area contributed by atoms with Crippen LogP contribution in [-0.2, 0) is 9.53 Å². The number of benzene rings is 1. The van der Waals surface area contributed by atoms with E-state index in [1.807, 2.05) is 6.07 Å². The lowest BCUT2D eigenvalue weighted by molar-refractivity contribution is -0.116. The smallest absolute Gasteiger partial charge is 0.205 e. The summed E-state index contributed by atoms with van der Waals surface area (Å²) in [6.07, 6.45) is 1.60. The molecule has 0 saturated carbocycles. The van der Waals surface area contributed by atoms with Crippen LogP contribution >= 0.6 is 15.9 Å². The largest absolute Gasteiger partial charge is 0.444 e. The van der Waals surface area contributed by atoms with Gasteiger partial charge in [-0.25, -0.2) is 4.39 Å². The summed E-state index contributed by atoms with van der Waals surface area (Å²) in [6.45, 7) is 0. The Balaban J connectivity index is 2.25. The van der Waals surface area contributed by atoms with Gasteiger partial charge in [0.15, 0.2) is 5.78 Å². The van der Waals surface area contributed by atoms with Crippen LogP contribution in [-0.4, -0.2) is 5.78 Å². The first kappa shape index (κ1) is 14.8. The van der Waals surface area contributed by atoms with Crippen LogP contribution in [0.5, 0.6) is 0 Å². The molecule has 0 saturated heterocycles. The molecule has 0 spiro atoms. The van der Waals surface area contributed by atoms with Crippen molar-refractivity contribution in [3.63, 3.8) is 0 Å². The number of nitrogens with zero attached hydrogens (tertiary/aromatic N) is 1. The Bertz CT molecular complexity index is 777. The number of allylic oxidation sites excluding steroid dienone is 3. The van der Waals surface area contributed by atoms with Crippen LogP contribution in [0.2, 0.25) is 0 Å². The second-order valence-corrected chi connectivity index (χ2v) is 6.12. The number of carbonyl (C=O) groups excluding carboxylic acids is 1. The van der Waals surface area contributed by atoms with Gasteiger partial charge in [-0.2, -0.15) is 5.26 Å². The van der Waals surface area contributed by atoms with Crippen molar-refractivity contribution in [2.45, 2.75) is 25.2 Å². The van der Waals surface area contributed by atoms with Gasteiger partial charge in [0.1, 0.15) is 23.2 Å². The third kappa shape index (κ3) is 2.32. The highest BCUT2D eigenvalue weighted by Gasteiger charge is 2.39. The SMILES string of the molecule is N#CC1=C(N)OC2=C(C(=O)CCC2)[C@@H]1c1cc(Br)ccc1F. The number of Topliss-reactive ketones (excluding diaryl/α,β-unsaturated/α-hetero) is 1. The molecule has 0 aromatic heterocycles. The molecule has 1 heterocycles. The van der Waals surface area contributed by atoms with Crippen LogP contribution in [0.1, 0.15) is 30.7 Å². The number of nitriles is 1. The molecular weight excluding hydrogens is 351 g/mol. The van der Waals surface area contributed by atoms with E-state index in [-0.39, 0.29) is 22.8 Å². The maximum atomic E-state index is 14.3. The number of ether oxygens (including phenoxy) is 1. The third-order valence-electron chi connectivity index (χ3n) is 3.87. The van der Waals surface area contributed by atoms with Gasteiger partial charge in [0, 0.05) is 28.5 Å². The van der Waals surface area contributed by atoms with E-state index in [9.17, 15) is 14.4 Å². The molecule has 112 valence electrons. The minimum absolute atomic E-state index is 0.0553. The molecule has 1 aliphatic heterocycles. The fourth-order valence-corrected chi connectivity index (χ4v) is 3.28. The van der Waals surface area contributed by atoms with Gasteiger partial charge in [0.25, 0.3) is 0 Å². The summed E-state index contributed by atoms with van der Waals surface area (Å²) in [5, 5.41) is 9.39. The molecule has 0 amide bonds. The summed E-state index contributed by atoms with van der Waals surface area (Å²) in [6, 6.07) is 6.40. The summed E-state index contributed by atoms with van der Waals surface area (Å²) in [4.78, 5) is 12.3. The average Bonchev–Trinajstić information content (AvgIpc) is 2.48. The van der Waals surface area contributed by atoms with E-state index in [0.717, 1.165) is 0 Å². The summed E-state index contributed by atoms with van der Waals surface area (Å²) in [5.41, 5.74) is 6.49. The lowest BCUT2D eigenvalue weighted by atomic mass is 9.77. The highest BCUT2D eigenvalue weighted by Crippen LogP contribution is 2.44. The van der Waals surface area contributed by atoms with Crippen LogP contribution in [0.15, 0.2) is 45.5 Å². The summed E-state index contributed by atoms with van der Waals surface area (Å²) in [7, 11) is 0. The molecule has 1 aromatic rings. The Hall–Kier alpha value is -2.13.